The van der Waals surface area contributed by atoms with Crippen LogP contribution in [0.2, 0.25) is 0 Å². The summed E-state index contributed by atoms with van der Waals surface area (Å²) < 4.78 is 1.13. The zero-order chi connectivity index (χ0) is 15.1. The van der Waals surface area contributed by atoms with E-state index in [2.05, 4.69) is 66.2 Å². The molecule has 0 bridgehead atoms. The molecule has 0 fully saturated rings. The van der Waals surface area contributed by atoms with Gasteiger partial charge in [-0.05, 0) is 43.2 Å². The van der Waals surface area contributed by atoms with Gasteiger partial charge in [-0.15, -0.1) is 0 Å². The maximum absolute atomic E-state index is 6.15. The summed E-state index contributed by atoms with van der Waals surface area (Å²) in [5.74, 6) is 1.15. The van der Waals surface area contributed by atoms with Gasteiger partial charge in [-0.2, -0.15) is 11.8 Å². The first-order valence-electron chi connectivity index (χ1n) is 7.29. The first-order chi connectivity index (χ1) is 9.53. The van der Waals surface area contributed by atoms with E-state index in [-0.39, 0.29) is 6.04 Å². The first-order valence-corrected chi connectivity index (χ1v) is 9.47. The summed E-state index contributed by atoms with van der Waals surface area (Å²) >= 11 is 5.50. The van der Waals surface area contributed by atoms with Gasteiger partial charge in [-0.1, -0.05) is 35.8 Å². The van der Waals surface area contributed by atoms with Crippen molar-refractivity contribution in [1.82, 2.24) is 0 Å². The lowest BCUT2D eigenvalue weighted by atomic mass is 10.0. The molecule has 0 aromatic heterocycles. The highest BCUT2D eigenvalue weighted by Crippen LogP contribution is 2.28. The molecule has 1 rings (SSSR count). The van der Waals surface area contributed by atoms with Gasteiger partial charge in [0.05, 0.1) is 0 Å². The molecule has 1 aromatic carbocycles. The van der Waals surface area contributed by atoms with Crippen molar-refractivity contribution in [3.8, 4) is 0 Å². The van der Waals surface area contributed by atoms with Gasteiger partial charge in [-0.25, -0.2) is 0 Å². The predicted molar refractivity (Wildman–Crippen MR) is 97.0 cm³/mol. The number of halogens is 1. The van der Waals surface area contributed by atoms with Gasteiger partial charge < -0.3 is 10.6 Å². The zero-order valence-electron chi connectivity index (χ0n) is 13.0. The van der Waals surface area contributed by atoms with Gasteiger partial charge in [0.25, 0.3) is 0 Å². The Bertz CT molecular complexity index is 411. The molecule has 0 amide bonds. The van der Waals surface area contributed by atoms with Crippen LogP contribution in [0, 0.1) is 0 Å². The molecule has 2 N–H and O–H groups in total. The minimum atomic E-state index is 0.240. The van der Waals surface area contributed by atoms with Crippen LogP contribution in [0.3, 0.4) is 0 Å². The number of hydrogen-bond acceptors (Lipinski definition) is 3. The summed E-state index contributed by atoms with van der Waals surface area (Å²) in [6.07, 6.45) is 5.29. The maximum atomic E-state index is 6.15. The van der Waals surface area contributed by atoms with E-state index in [4.69, 9.17) is 5.73 Å². The summed E-state index contributed by atoms with van der Waals surface area (Å²) in [5, 5.41) is 0. The van der Waals surface area contributed by atoms with Crippen molar-refractivity contribution in [1.29, 1.82) is 0 Å². The second-order valence-electron chi connectivity index (χ2n) is 5.27. The molecular weight excluding hydrogens is 332 g/mol. The van der Waals surface area contributed by atoms with E-state index in [1.807, 2.05) is 11.8 Å². The molecule has 0 aliphatic heterocycles. The van der Waals surface area contributed by atoms with E-state index in [1.165, 1.54) is 11.3 Å². The molecule has 1 aromatic rings. The molecule has 0 radical (unpaired) electrons. The van der Waals surface area contributed by atoms with Crippen LogP contribution < -0.4 is 10.6 Å². The van der Waals surface area contributed by atoms with Gasteiger partial charge in [0.2, 0.25) is 0 Å². The minimum Gasteiger partial charge on any atom is -0.371 e. The van der Waals surface area contributed by atoms with Crippen molar-refractivity contribution < 1.29 is 0 Å². The smallest absolute Gasteiger partial charge is 0.0410 e. The van der Waals surface area contributed by atoms with Crippen molar-refractivity contribution in [3.05, 3.63) is 28.2 Å². The van der Waals surface area contributed by atoms with Crippen LogP contribution in [-0.2, 0) is 6.42 Å². The molecule has 0 saturated carbocycles. The standard InChI is InChI=1S/C16H27BrN2S/c1-5-14(18)9-12-7-8-13(17)10-16(12)19(3)15(6-2)11-20-4/h7-8,10,14-15H,5-6,9,11,18H2,1-4H3. The number of rotatable bonds is 8. The molecule has 4 heteroatoms. The molecule has 0 heterocycles. The average molecular weight is 359 g/mol. The van der Waals surface area contributed by atoms with Crippen molar-refractivity contribution >= 4 is 33.4 Å². The Morgan fingerprint density at radius 1 is 1.30 bits per heavy atom. The molecule has 0 aliphatic rings. The van der Waals surface area contributed by atoms with Crippen molar-refractivity contribution in [2.45, 2.75) is 45.2 Å². The number of nitrogens with two attached hydrogens (primary N) is 1. The Labute approximate surface area is 136 Å². The second kappa shape index (κ2) is 8.96. The molecule has 0 spiro atoms. The summed E-state index contributed by atoms with van der Waals surface area (Å²) in [7, 11) is 2.20. The van der Waals surface area contributed by atoms with E-state index < -0.39 is 0 Å². The van der Waals surface area contributed by atoms with Crippen LogP contribution in [0.5, 0.6) is 0 Å². The third-order valence-corrected chi connectivity index (χ3v) is 5.02. The Morgan fingerprint density at radius 2 is 2.00 bits per heavy atom. The van der Waals surface area contributed by atoms with Crippen LogP contribution in [0.1, 0.15) is 32.3 Å². The highest BCUT2D eigenvalue weighted by Gasteiger charge is 2.17. The normalized spacial score (nSPS) is 14.1. The molecule has 0 aliphatic carbocycles. The zero-order valence-corrected chi connectivity index (χ0v) is 15.4. The van der Waals surface area contributed by atoms with Crippen molar-refractivity contribution in [3.63, 3.8) is 0 Å². The van der Waals surface area contributed by atoms with E-state index in [1.54, 1.807) is 0 Å². The van der Waals surface area contributed by atoms with E-state index >= 15 is 0 Å². The summed E-state index contributed by atoms with van der Waals surface area (Å²) in [6, 6.07) is 7.35. The van der Waals surface area contributed by atoms with Crippen LogP contribution in [0.4, 0.5) is 5.69 Å². The van der Waals surface area contributed by atoms with E-state index in [0.29, 0.717) is 6.04 Å². The molecule has 2 atom stereocenters. The Hall–Kier alpha value is -0.190. The molecule has 20 heavy (non-hydrogen) atoms. The van der Waals surface area contributed by atoms with E-state index in [9.17, 15) is 0 Å². The number of nitrogens with zero attached hydrogens (tertiary/aromatic N) is 1. The fraction of sp³-hybridized carbons (Fsp3) is 0.625. The van der Waals surface area contributed by atoms with Gasteiger partial charge in [0, 0.05) is 35.0 Å². The van der Waals surface area contributed by atoms with Crippen LogP contribution in [0.25, 0.3) is 0 Å². The molecular formula is C16H27BrN2S. The highest BCUT2D eigenvalue weighted by atomic mass is 79.9. The largest absolute Gasteiger partial charge is 0.371 e. The monoisotopic (exact) mass is 358 g/mol. The topological polar surface area (TPSA) is 29.3 Å². The first kappa shape index (κ1) is 17.9. The van der Waals surface area contributed by atoms with E-state index in [0.717, 1.165) is 29.5 Å². The average Bonchev–Trinajstić information content (AvgIpc) is 2.45. The highest BCUT2D eigenvalue weighted by molar-refractivity contribution is 9.10. The summed E-state index contributed by atoms with van der Waals surface area (Å²) in [6.45, 7) is 4.41. The number of hydrogen-bond donors (Lipinski definition) is 1. The lowest BCUT2D eigenvalue weighted by Crippen LogP contribution is -2.34. The summed E-state index contributed by atoms with van der Waals surface area (Å²) in [5.41, 5.74) is 8.81. The third kappa shape index (κ3) is 4.97. The Balaban J connectivity index is 3.03. The number of thioether (sulfide) groups is 1. The molecule has 2 nitrogen and oxygen atoms in total. The van der Waals surface area contributed by atoms with Crippen LogP contribution in [-0.4, -0.2) is 31.1 Å². The Morgan fingerprint density at radius 3 is 2.55 bits per heavy atom. The van der Waals surface area contributed by atoms with Gasteiger partial charge in [-0.3, -0.25) is 0 Å². The Kier molecular flexibility index (Phi) is 8.00. The molecule has 0 saturated heterocycles. The lowest BCUT2D eigenvalue weighted by Gasteiger charge is -2.31. The fourth-order valence-corrected chi connectivity index (χ4v) is 3.55. The van der Waals surface area contributed by atoms with Crippen LogP contribution >= 0.6 is 27.7 Å². The van der Waals surface area contributed by atoms with Crippen molar-refractivity contribution in [2.75, 3.05) is 24.0 Å². The van der Waals surface area contributed by atoms with Crippen LogP contribution in [0.15, 0.2) is 22.7 Å². The fourth-order valence-electron chi connectivity index (χ4n) is 2.36. The van der Waals surface area contributed by atoms with Crippen molar-refractivity contribution in [2.24, 2.45) is 5.73 Å². The number of anilines is 1. The predicted octanol–water partition coefficient (Wildman–Crippen LogP) is 4.31. The van der Waals surface area contributed by atoms with Gasteiger partial charge in [0.15, 0.2) is 0 Å². The minimum absolute atomic E-state index is 0.240. The maximum Gasteiger partial charge on any atom is 0.0410 e. The molecule has 114 valence electrons. The summed E-state index contributed by atoms with van der Waals surface area (Å²) in [4.78, 5) is 2.42. The SMILES string of the molecule is CCC(N)Cc1ccc(Br)cc1N(C)C(CC)CSC. The molecule has 2 unspecified atom stereocenters. The van der Waals surface area contributed by atoms with Gasteiger partial charge >= 0.3 is 0 Å². The third-order valence-electron chi connectivity index (χ3n) is 3.81. The lowest BCUT2D eigenvalue weighted by molar-refractivity contribution is 0.635. The van der Waals surface area contributed by atoms with Gasteiger partial charge in [0.1, 0.15) is 0 Å². The number of benzene rings is 1. The second-order valence-corrected chi connectivity index (χ2v) is 7.10. The quantitative estimate of drug-likeness (QED) is 0.750.